The number of aryl methyl sites for hydroxylation is 3. The van der Waals surface area contributed by atoms with Gasteiger partial charge in [0.1, 0.15) is 11.5 Å². The minimum Gasteiger partial charge on any atom is -0.355 e. The summed E-state index contributed by atoms with van der Waals surface area (Å²) in [5, 5.41) is 4.31. The van der Waals surface area contributed by atoms with E-state index in [9.17, 15) is 0 Å². The summed E-state index contributed by atoms with van der Waals surface area (Å²) in [4.78, 5) is 25.0. The van der Waals surface area contributed by atoms with E-state index in [0.717, 1.165) is 103 Å². The molecular weight excluding hydrogens is 522 g/mol. The number of nitrogens with zero attached hydrogens (tertiary/aromatic N) is 8. The Hall–Kier alpha value is -4.11. The van der Waals surface area contributed by atoms with Gasteiger partial charge in [-0.1, -0.05) is 31.7 Å². The number of amidine groups is 1. The van der Waals surface area contributed by atoms with Crippen molar-refractivity contribution in [2.24, 2.45) is 23.2 Å². The van der Waals surface area contributed by atoms with Crippen LogP contribution in [0.3, 0.4) is 0 Å². The summed E-state index contributed by atoms with van der Waals surface area (Å²) in [6.45, 7) is 5.46. The first kappa shape index (κ1) is 26.8. The predicted molar refractivity (Wildman–Crippen MR) is 167 cm³/mol. The fourth-order valence-corrected chi connectivity index (χ4v) is 7.42. The van der Waals surface area contributed by atoms with Crippen LogP contribution in [0.15, 0.2) is 53.8 Å². The summed E-state index contributed by atoms with van der Waals surface area (Å²) in [6.07, 6.45) is 9.08. The molecule has 1 fully saturated rings. The number of anilines is 2. The molecule has 4 aromatic rings. The number of piperidine rings is 1. The minimum atomic E-state index is 0. The minimum absolute atomic E-state index is 0. The second-order valence-electron chi connectivity index (χ2n) is 12.1. The third-order valence-corrected chi connectivity index (χ3v) is 9.65. The van der Waals surface area contributed by atoms with Gasteiger partial charge in [0.2, 0.25) is 0 Å². The Morgan fingerprint density at radius 2 is 1.81 bits per heavy atom. The summed E-state index contributed by atoms with van der Waals surface area (Å²) in [7, 11) is 1.93. The number of hydrogen-bond acceptors (Lipinski definition) is 8. The van der Waals surface area contributed by atoms with Gasteiger partial charge in [-0.15, -0.1) is 0 Å². The van der Waals surface area contributed by atoms with Gasteiger partial charge >= 0.3 is 0 Å². The molecule has 0 unspecified atom stereocenters. The van der Waals surface area contributed by atoms with E-state index in [1.54, 1.807) is 0 Å². The standard InChI is InChI=1S/C32H35N9.CH4/c1-20-30(40-14-11-32(12-15-40)16-21-6-3-4-7-23(21)29(32)33)38-26-18-34-31(28(26)36-20)41-13-5-8-25-27(41)10-9-24(37-25)22-17-35-39(2)19-22;/h3-4,6-7,9-10,17,19,29H,5,8,11-16,18,33H2,1-2H3;1H4/t29-;/m1./s1. The summed E-state index contributed by atoms with van der Waals surface area (Å²) in [6, 6.07) is 13.1. The van der Waals surface area contributed by atoms with E-state index < -0.39 is 0 Å². The number of hydrogen-bond donors (Lipinski definition) is 1. The van der Waals surface area contributed by atoms with Crippen LogP contribution in [-0.4, -0.2) is 50.2 Å². The van der Waals surface area contributed by atoms with Gasteiger partial charge in [-0.25, -0.2) is 9.97 Å². The van der Waals surface area contributed by atoms with Gasteiger partial charge in [0.25, 0.3) is 0 Å². The lowest BCUT2D eigenvalue weighted by atomic mass is 9.73. The summed E-state index contributed by atoms with van der Waals surface area (Å²) < 4.78 is 1.81. The zero-order chi connectivity index (χ0) is 27.7. The van der Waals surface area contributed by atoms with Crippen molar-refractivity contribution >= 4 is 17.3 Å². The molecule has 1 aromatic carbocycles. The van der Waals surface area contributed by atoms with Gasteiger partial charge in [0.05, 0.1) is 41.2 Å². The summed E-state index contributed by atoms with van der Waals surface area (Å²) in [5.41, 5.74) is 16.8. The first-order valence-electron chi connectivity index (χ1n) is 14.8. The first-order chi connectivity index (χ1) is 20.0. The van der Waals surface area contributed by atoms with E-state index in [1.165, 1.54) is 11.1 Å². The summed E-state index contributed by atoms with van der Waals surface area (Å²) in [5.74, 6) is 1.92. The monoisotopic (exact) mass is 561 g/mol. The smallest absolute Gasteiger partial charge is 0.156 e. The highest BCUT2D eigenvalue weighted by atomic mass is 15.3. The molecule has 1 spiro atoms. The Morgan fingerprint density at radius 1 is 0.976 bits per heavy atom. The molecule has 0 radical (unpaired) electrons. The largest absolute Gasteiger partial charge is 0.355 e. The fraction of sp³-hybridized carbons (Fsp3) is 0.424. The maximum atomic E-state index is 6.83. The molecule has 8 rings (SSSR count). The van der Waals surface area contributed by atoms with Crippen LogP contribution >= 0.6 is 0 Å². The molecule has 6 heterocycles. The second kappa shape index (κ2) is 10.0. The third-order valence-electron chi connectivity index (χ3n) is 9.65. The van der Waals surface area contributed by atoms with Crippen LogP contribution in [0, 0.1) is 12.3 Å². The number of fused-ring (bicyclic) bond motifs is 3. The van der Waals surface area contributed by atoms with Crippen molar-refractivity contribution in [1.82, 2.24) is 24.7 Å². The zero-order valence-corrected chi connectivity index (χ0v) is 23.7. The Balaban J connectivity index is 0.00000288. The lowest BCUT2D eigenvalue weighted by Crippen LogP contribution is -2.45. The van der Waals surface area contributed by atoms with Gasteiger partial charge in [-0.05, 0) is 67.7 Å². The molecule has 42 heavy (non-hydrogen) atoms. The molecule has 1 atom stereocenters. The molecule has 9 heteroatoms. The van der Waals surface area contributed by atoms with Crippen LogP contribution in [0.2, 0.25) is 0 Å². The highest BCUT2D eigenvalue weighted by Crippen LogP contribution is 2.51. The molecule has 0 saturated carbocycles. The number of aromatic nitrogens is 5. The lowest BCUT2D eigenvalue weighted by molar-refractivity contribution is 0.187. The van der Waals surface area contributed by atoms with Crippen molar-refractivity contribution in [2.75, 3.05) is 29.4 Å². The topological polar surface area (TPSA) is 101 Å². The number of nitrogens with two attached hydrogens (primary N) is 1. The number of benzene rings is 1. The SMILES string of the molecule is C.Cc1nc2c(nc1N1CCC3(CC1)Cc1ccccc1[C@H]3N)CN=C2N1CCCc2nc(-c3cnn(C)c3)ccc21. The third kappa shape index (κ3) is 4.13. The van der Waals surface area contributed by atoms with E-state index in [0.29, 0.717) is 6.54 Å². The number of rotatable bonds is 2. The molecule has 3 aromatic heterocycles. The van der Waals surface area contributed by atoms with Crippen molar-refractivity contribution in [3.05, 3.63) is 82.7 Å². The van der Waals surface area contributed by atoms with E-state index >= 15 is 0 Å². The van der Waals surface area contributed by atoms with Crippen LogP contribution in [0.4, 0.5) is 11.5 Å². The highest BCUT2D eigenvalue weighted by molar-refractivity contribution is 6.11. The first-order valence-corrected chi connectivity index (χ1v) is 14.8. The van der Waals surface area contributed by atoms with E-state index in [-0.39, 0.29) is 18.9 Å². The Bertz CT molecular complexity index is 1700. The van der Waals surface area contributed by atoms with Crippen molar-refractivity contribution in [3.8, 4) is 11.3 Å². The van der Waals surface area contributed by atoms with Crippen LogP contribution < -0.4 is 15.5 Å². The van der Waals surface area contributed by atoms with Gasteiger partial charge in [0, 0.05) is 44.5 Å². The van der Waals surface area contributed by atoms with Crippen molar-refractivity contribution in [2.45, 2.75) is 59.0 Å². The van der Waals surface area contributed by atoms with Crippen LogP contribution in [-0.2, 0) is 26.4 Å². The van der Waals surface area contributed by atoms with Crippen LogP contribution in [0.5, 0.6) is 0 Å². The Labute approximate surface area is 247 Å². The molecule has 2 N–H and O–H groups in total. The number of aliphatic imine (C=N–C) groups is 1. The summed E-state index contributed by atoms with van der Waals surface area (Å²) >= 11 is 0. The lowest BCUT2D eigenvalue weighted by Gasteiger charge is -2.43. The van der Waals surface area contributed by atoms with Crippen molar-refractivity contribution in [3.63, 3.8) is 0 Å². The molecule has 0 amide bonds. The fourth-order valence-electron chi connectivity index (χ4n) is 7.42. The molecule has 1 saturated heterocycles. The quantitative estimate of drug-likeness (QED) is 0.376. The molecule has 3 aliphatic heterocycles. The van der Waals surface area contributed by atoms with Gasteiger partial charge < -0.3 is 15.5 Å². The average Bonchev–Trinajstić information content (AvgIpc) is 3.69. The van der Waals surface area contributed by atoms with Gasteiger partial charge in [0.15, 0.2) is 5.84 Å². The predicted octanol–water partition coefficient (Wildman–Crippen LogP) is 4.77. The van der Waals surface area contributed by atoms with E-state index in [2.05, 4.69) is 58.2 Å². The Kier molecular flexibility index (Phi) is 6.38. The Morgan fingerprint density at radius 3 is 2.60 bits per heavy atom. The second-order valence-corrected chi connectivity index (χ2v) is 12.1. The molecule has 1 aliphatic carbocycles. The normalized spacial score (nSPS) is 20.2. The van der Waals surface area contributed by atoms with Gasteiger partial charge in [-0.2, -0.15) is 5.10 Å². The van der Waals surface area contributed by atoms with E-state index in [4.69, 9.17) is 25.7 Å². The van der Waals surface area contributed by atoms with Crippen LogP contribution in [0.1, 0.15) is 66.6 Å². The molecule has 9 nitrogen and oxygen atoms in total. The molecule has 216 valence electrons. The maximum absolute atomic E-state index is 6.83. The maximum Gasteiger partial charge on any atom is 0.156 e. The highest BCUT2D eigenvalue weighted by Gasteiger charge is 2.46. The van der Waals surface area contributed by atoms with Gasteiger partial charge in [-0.3, -0.25) is 14.7 Å². The molecule has 4 aliphatic rings. The number of pyridine rings is 1. The molecule has 0 bridgehead atoms. The van der Waals surface area contributed by atoms with E-state index in [1.807, 2.05) is 24.1 Å². The zero-order valence-electron chi connectivity index (χ0n) is 23.7. The molecular formula is C33H39N9. The average molecular weight is 562 g/mol. The van der Waals surface area contributed by atoms with Crippen LogP contribution in [0.25, 0.3) is 11.3 Å². The van der Waals surface area contributed by atoms with Crippen molar-refractivity contribution in [1.29, 1.82) is 0 Å². The van der Waals surface area contributed by atoms with Crippen molar-refractivity contribution < 1.29 is 0 Å².